The molecule has 3 rings (SSSR count). The molecule has 6 nitrogen and oxygen atoms in total. The molecule has 1 unspecified atom stereocenters. The molecular formula is C16H14ClN3O3. The molecule has 23 heavy (non-hydrogen) atoms. The number of carbonyl (C=O) groups is 2. The number of pyridine rings is 1. The van der Waals surface area contributed by atoms with Crippen LogP contribution in [0.2, 0.25) is 5.15 Å². The largest absolute Gasteiger partial charge is 0.466 e. The molecule has 2 aromatic rings. The van der Waals surface area contributed by atoms with Crippen LogP contribution in [0, 0.1) is 0 Å². The fourth-order valence-corrected chi connectivity index (χ4v) is 2.87. The van der Waals surface area contributed by atoms with Crippen LogP contribution in [0.4, 0.5) is 4.79 Å². The summed E-state index contributed by atoms with van der Waals surface area (Å²) in [6, 6.07) is 8.16. The van der Waals surface area contributed by atoms with Gasteiger partial charge in [-0.25, -0.2) is 14.6 Å². The highest BCUT2D eigenvalue weighted by Gasteiger charge is 2.33. The monoisotopic (exact) mass is 331 g/mol. The number of methoxy groups -OCH3 is 1. The van der Waals surface area contributed by atoms with Gasteiger partial charge in [0.1, 0.15) is 5.15 Å². The molecular weight excluding hydrogens is 318 g/mol. The number of nitrogens with zero attached hydrogens (tertiary/aromatic N) is 1. The number of nitrogens with one attached hydrogen (secondary N) is 2. The third-order valence-electron chi connectivity index (χ3n) is 3.69. The summed E-state index contributed by atoms with van der Waals surface area (Å²) >= 11 is 6.29. The lowest BCUT2D eigenvalue weighted by Crippen LogP contribution is -2.45. The van der Waals surface area contributed by atoms with Crippen LogP contribution >= 0.6 is 11.6 Å². The van der Waals surface area contributed by atoms with E-state index in [0.29, 0.717) is 16.8 Å². The molecule has 1 aromatic heterocycles. The van der Waals surface area contributed by atoms with E-state index in [4.69, 9.17) is 16.3 Å². The van der Waals surface area contributed by atoms with Gasteiger partial charge in [0, 0.05) is 16.6 Å². The fraction of sp³-hybridized carbons (Fsp3) is 0.188. The number of carbonyl (C=O) groups excluding carboxylic acids is 2. The van der Waals surface area contributed by atoms with Crippen molar-refractivity contribution in [3.63, 3.8) is 0 Å². The summed E-state index contributed by atoms with van der Waals surface area (Å²) in [5.74, 6) is -0.538. The van der Waals surface area contributed by atoms with Gasteiger partial charge in [0.25, 0.3) is 0 Å². The maximum Gasteiger partial charge on any atom is 0.337 e. The van der Waals surface area contributed by atoms with Crippen LogP contribution in [-0.2, 0) is 9.53 Å². The van der Waals surface area contributed by atoms with Gasteiger partial charge in [0.2, 0.25) is 0 Å². The highest BCUT2D eigenvalue weighted by Crippen LogP contribution is 2.33. The van der Waals surface area contributed by atoms with E-state index in [1.165, 1.54) is 7.11 Å². The highest BCUT2D eigenvalue weighted by molar-refractivity contribution is 6.30. The first-order valence-corrected chi connectivity index (χ1v) is 7.31. The van der Waals surface area contributed by atoms with Gasteiger partial charge in [0.15, 0.2) is 0 Å². The van der Waals surface area contributed by atoms with Crippen molar-refractivity contribution in [2.75, 3.05) is 7.11 Å². The quantitative estimate of drug-likeness (QED) is 0.655. The Morgan fingerprint density at radius 3 is 2.83 bits per heavy atom. The van der Waals surface area contributed by atoms with Crippen molar-refractivity contribution >= 4 is 34.5 Å². The third-order valence-corrected chi connectivity index (χ3v) is 3.99. The summed E-state index contributed by atoms with van der Waals surface area (Å²) in [4.78, 5) is 28.3. The Hall–Kier alpha value is -2.60. The zero-order valence-corrected chi connectivity index (χ0v) is 13.3. The number of allylic oxidation sites excluding steroid dienone is 1. The Balaban J connectivity index is 2.18. The molecule has 2 heterocycles. The Kier molecular flexibility index (Phi) is 3.92. The molecule has 0 bridgehead atoms. The van der Waals surface area contributed by atoms with E-state index in [1.54, 1.807) is 6.92 Å². The van der Waals surface area contributed by atoms with Gasteiger partial charge in [-0.15, -0.1) is 0 Å². The highest BCUT2D eigenvalue weighted by atomic mass is 35.5. The van der Waals surface area contributed by atoms with Gasteiger partial charge in [-0.1, -0.05) is 29.8 Å². The minimum absolute atomic E-state index is 0.227. The summed E-state index contributed by atoms with van der Waals surface area (Å²) in [5.41, 5.74) is 2.00. The molecule has 1 aliphatic heterocycles. The van der Waals surface area contributed by atoms with Crippen LogP contribution in [-0.4, -0.2) is 24.1 Å². The van der Waals surface area contributed by atoms with Gasteiger partial charge in [-0.2, -0.15) is 0 Å². The smallest absolute Gasteiger partial charge is 0.337 e. The zero-order chi connectivity index (χ0) is 16.6. The molecule has 118 valence electrons. The number of hydrogen-bond acceptors (Lipinski definition) is 4. The predicted octanol–water partition coefficient (Wildman–Crippen LogP) is 2.69. The number of urea groups is 1. The Morgan fingerprint density at radius 2 is 2.09 bits per heavy atom. The minimum Gasteiger partial charge on any atom is -0.466 e. The number of para-hydroxylation sites is 1. The SMILES string of the molecule is COC(=O)C1=C(C)NC(=O)NC1c1cc2ccccc2nc1Cl. The first-order valence-electron chi connectivity index (χ1n) is 6.93. The minimum atomic E-state index is -0.721. The standard InChI is InChI=1S/C16H14ClN3O3/c1-8-12(15(21)23-2)13(20-16(22)18-8)10-7-9-5-3-4-6-11(9)19-14(10)17/h3-7,13H,1-2H3,(H2,18,20,22). The van der Waals surface area contributed by atoms with Crippen molar-refractivity contribution in [2.45, 2.75) is 13.0 Å². The van der Waals surface area contributed by atoms with E-state index >= 15 is 0 Å². The second kappa shape index (κ2) is 5.89. The van der Waals surface area contributed by atoms with Gasteiger partial charge >= 0.3 is 12.0 Å². The Bertz CT molecular complexity index is 848. The molecule has 0 aliphatic carbocycles. The number of esters is 1. The Morgan fingerprint density at radius 1 is 1.35 bits per heavy atom. The van der Waals surface area contributed by atoms with Crippen LogP contribution in [0.3, 0.4) is 0 Å². The van der Waals surface area contributed by atoms with Crippen molar-refractivity contribution in [2.24, 2.45) is 0 Å². The van der Waals surface area contributed by atoms with Crippen molar-refractivity contribution in [3.8, 4) is 0 Å². The second-order valence-electron chi connectivity index (χ2n) is 5.12. The lowest BCUT2D eigenvalue weighted by molar-refractivity contribution is -0.136. The second-order valence-corrected chi connectivity index (χ2v) is 5.48. The number of halogens is 1. The van der Waals surface area contributed by atoms with Gasteiger partial charge in [-0.3, -0.25) is 0 Å². The number of ether oxygens (including phenoxy) is 1. The molecule has 2 amide bonds. The van der Waals surface area contributed by atoms with Gasteiger partial charge in [-0.05, 0) is 19.1 Å². The van der Waals surface area contributed by atoms with Crippen molar-refractivity contribution in [3.05, 3.63) is 52.3 Å². The van der Waals surface area contributed by atoms with E-state index in [1.807, 2.05) is 30.3 Å². The predicted molar refractivity (Wildman–Crippen MR) is 85.9 cm³/mol. The number of aromatic nitrogens is 1. The summed E-state index contributed by atoms with van der Waals surface area (Å²) in [5, 5.41) is 6.36. The molecule has 0 saturated carbocycles. The molecule has 7 heteroatoms. The first kappa shape index (κ1) is 15.3. The zero-order valence-electron chi connectivity index (χ0n) is 12.5. The summed E-state index contributed by atoms with van der Waals surface area (Å²) in [6.07, 6.45) is 0. The van der Waals surface area contributed by atoms with E-state index < -0.39 is 18.0 Å². The Labute approximate surface area is 137 Å². The number of rotatable bonds is 2. The lowest BCUT2D eigenvalue weighted by atomic mass is 9.96. The molecule has 1 aromatic carbocycles. The van der Waals surface area contributed by atoms with E-state index in [-0.39, 0.29) is 5.15 Å². The van der Waals surface area contributed by atoms with Crippen LogP contribution in [0.5, 0.6) is 0 Å². The average Bonchev–Trinajstić information content (AvgIpc) is 2.52. The number of amides is 2. The van der Waals surface area contributed by atoms with E-state index in [9.17, 15) is 9.59 Å². The molecule has 1 atom stereocenters. The molecule has 0 radical (unpaired) electrons. The van der Waals surface area contributed by atoms with Crippen molar-refractivity contribution < 1.29 is 14.3 Å². The van der Waals surface area contributed by atoms with Crippen LogP contribution < -0.4 is 10.6 Å². The first-order chi connectivity index (χ1) is 11.0. The van der Waals surface area contributed by atoms with Gasteiger partial charge in [0.05, 0.1) is 24.2 Å². The molecule has 2 N–H and O–H groups in total. The molecule has 0 spiro atoms. The lowest BCUT2D eigenvalue weighted by Gasteiger charge is -2.28. The topological polar surface area (TPSA) is 80.3 Å². The molecule has 0 saturated heterocycles. The molecule has 0 fully saturated rings. The van der Waals surface area contributed by atoms with E-state index in [0.717, 1.165) is 10.9 Å². The summed E-state index contributed by atoms with van der Waals surface area (Å²) in [6.45, 7) is 1.64. The average molecular weight is 332 g/mol. The number of benzene rings is 1. The van der Waals surface area contributed by atoms with Crippen molar-refractivity contribution in [1.29, 1.82) is 0 Å². The summed E-state index contributed by atoms with van der Waals surface area (Å²) in [7, 11) is 1.29. The van der Waals surface area contributed by atoms with Crippen LogP contribution in [0.15, 0.2) is 41.6 Å². The number of hydrogen-bond donors (Lipinski definition) is 2. The summed E-state index contributed by atoms with van der Waals surface area (Å²) < 4.78 is 4.82. The maximum absolute atomic E-state index is 12.1. The van der Waals surface area contributed by atoms with Crippen LogP contribution in [0.25, 0.3) is 10.9 Å². The maximum atomic E-state index is 12.1. The number of fused-ring (bicyclic) bond motifs is 1. The third kappa shape index (κ3) is 2.73. The van der Waals surface area contributed by atoms with Crippen LogP contribution in [0.1, 0.15) is 18.5 Å². The normalized spacial score (nSPS) is 17.7. The van der Waals surface area contributed by atoms with Crippen molar-refractivity contribution in [1.82, 2.24) is 15.6 Å². The fourth-order valence-electron chi connectivity index (χ4n) is 2.62. The van der Waals surface area contributed by atoms with E-state index in [2.05, 4.69) is 15.6 Å². The van der Waals surface area contributed by atoms with Gasteiger partial charge < -0.3 is 15.4 Å². The molecule has 1 aliphatic rings.